The number of thiazole rings is 1. The van der Waals surface area contributed by atoms with E-state index in [2.05, 4.69) is 35.4 Å². The number of nitrogens with one attached hydrogen (secondary N) is 1. The zero-order valence-electron chi connectivity index (χ0n) is 13.5. The third-order valence-corrected chi connectivity index (χ3v) is 4.34. The molecule has 0 bridgehead atoms. The zero-order valence-corrected chi connectivity index (χ0v) is 14.3. The Hall–Kier alpha value is -3.17. The van der Waals surface area contributed by atoms with Gasteiger partial charge in [0.1, 0.15) is 17.4 Å². The van der Waals surface area contributed by atoms with Gasteiger partial charge in [-0.2, -0.15) is 5.26 Å². The normalized spacial score (nSPS) is 11.1. The van der Waals surface area contributed by atoms with Crippen molar-refractivity contribution in [1.29, 1.82) is 5.26 Å². The molecule has 0 aliphatic heterocycles. The van der Waals surface area contributed by atoms with Crippen LogP contribution in [-0.4, -0.2) is 10.9 Å². The highest BCUT2D eigenvalue weighted by Crippen LogP contribution is 2.22. The SMILES string of the molecule is Cc1cccc(Cc2cnc(NC(=O)/C(C#N)=C\c3ccco3)s2)c1. The van der Waals surface area contributed by atoms with Crippen molar-refractivity contribution in [2.45, 2.75) is 13.3 Å². The van der Waals surface area contributed by atoms with E-state index in [0.29, 0.717) is 10.9 Å². The average Bonchev–Trinajstić information content (AvgIpc) is 3.24. The molecule has 0 saturated carbocycles. The third-order valence-electron chi connectivity index (χ3n) is 3.43. The second-order valence-corrected chi connectivity index (χ2v) is 6.55. The molecule has 124 valence electrons. The number of aryl methyl sites for hydroxylation is 1. The Morgan fingerprint density at radius 1 is 1.40 bits per heavy atom. The Morgan fingerprint density at radius 2 is 2.28 bits per heavy atom. The number of hydrogen-bond acceptors (Lipinski definition) is 5. The molecule has 0 radical (unpaired) electrons. The number of nitriles is 1. The maximum Gasteiger partial charge on any atom is 0.268 e. The fourth-order valence-electron chi connectivity index (χ4n) is 2.30. The topological polar surface area (TPSA) is 78.9 Å². The number of furan rings is 1. The molecule has 0 saturated heterocycles. The van der Waals surface area contributed by atoms with Crippen molar-refractivity contribution in [2.75, 3.05) is 5.32 Å². The minimum atomic E-state index is -0.504. The van der Waals surface area contributed by atoms with Crippen LogP contribution in [0.4, 0.5) is 5.13 Å². The number of aromatic nitrogens is 1. The fraction of sp³-hybridized carbons (Fsp3) is 0.105. The number of carbonyl (C=O) groups is 1. The molecule has 2 aromatic heterocycles. The van der Waals surface area contributed by atoms with Gasteiger partial charge in [-0.1, -0.05) is 29.8 Å². The van der Waals surface area contributed by atoms with Gasteiger partial charge in [0.05, 0.1) is 6.26 Å². The van der Waals surface area contributed by atoms with Gasteiger partial charge >= 0.3 is 0 Å². The van der Waals surface area contributed by atoms with E-state index < -0.39 is 5.91 Å². The highest BCUT2D eigenvalue weighted by Gasteiger charge is 2.13. The monoisotopic (exact) mass is 349 g/mol. The number of nitrogens with zero attached hydrogens (tertiary/aromatic N) is 2. The zero-order chi connectivity index (χ0) is 17.6. The first-order valence-electron chi connectivity index (χ1n) is 7.61. The van der Waals surface area contributed by atoms with Crippen molar-refractivity contribution in [3.05, 3.63) is 76.2 Å². The van der Waals surface area contributed by atoms with Gasteiger partial charge in [0, 0.05) is 23.6 Å². The molecule has 0 fully saturated rings. The minimum absolute atomic E-state index is 0.0367. The smallest absolute Gasteiger partial charge is 0.268 e. The van der Waals surface area contributed by atoms with Gasteiger partial charge in [0.2, 0.25) is 0 Å². The molecular formula is C19H15N3O2S. The molecule has 0 spiro atoms. The van der Waals surface area contributed by atoms with Crippen LogP contribution in [0, 0.1) is 18.3 Å². The van der Waals surface area contributed by atoms with E-state index in [4.69, 9.17) is 9.68 Å². The van der Waals surface area contributed by atoms with Crippen LogP contribution in [0.5, 0.6) is 0 Å². The van der Waals surface area contributed by atoms with Gasteiger partial charge in [0.15, 0.2) is 5.13 Å². The van der Waals surface area contributed by atoms with Gasteiger partial charge in [-0.05, 0) is 24.6 Å². The maximum absolute atomic E-state index is 12.2. The lowest BCUT2D eigenvalue weighted by Gasteiger charge is -2.00. The van der Waals surface area contributed by atoms with Crippen molar-refractivity contribution >= 4 is 28.5 Å². The standard InChI is InChI=1S/C19H15N3O2S/c1-13-4-2-5-14(8-13)9-17-12-21-19(25-17)22-18(23)15(11-20)10-16-6-3-7-24-16/h2-8,10,12H,9H2,1H3,(H,21,22,23)/b15-10-. The average molecular weight is 349 g/mol. The lowest BCUT2D eigenvalue weighted by Crippen LogP contribution is -2.13. The number of benzene rings is 1. The Kier molecular flexibility index (Phi) is 5.07. The number of hydrogen-bond donors (Lipinski definition) is 1. The summed E-state index contributed by atoms with van der Waals surface area (Å²) in [6, 6.07) is 13.5. The highest BCUT2D eigenvalue weighted by molar-refractivity contribution is 7.15. The van der Waals surface area contributed by atoms with Gasteiger partial charge < -0.3 is 4.42 Å². The third kappa shape index (κ3) is 4.43. The van der Waals surface area contributed by atoms with Gasteiger partial charge in [-0.25, -0.2) is 4.98 Å². The van der Waals surface area contributed by atoms with Crippen LogP contribution in [-0.2, 0) is 11.2 Å². The minimum Gasteiger partial charge on any atom is -0.465 e. The van der Waals surface area contributed by atoms with E-state index in [-0.39, 0.29) is 5.57 Å². The van der Waals surface area contributed by atoms with E-state index in [1.54, 1.807) is 18.3 Å². The molecule has 25 heavy (non-hydrogen) atoms. The molecule has 5 nitrogen and oxygen atoms in total. The maximum atomic E-state index is 12.2. The molecule has 1 N–H and O–H groups in total. The van der Waals surface area contributed by atoms with Crippen LogP contribution in [0.25, 0.3) is 6.08 Å². The summed E-state index contributed by atoms with van der Waals surface area (Å²) in [5, 5.41) is 12.3. The summed E-state index contributed by atoms with van der Waals surface area (Å²) in [5.41, 5.74) is 2.36. The summed E-state index contributed by atoms with van der Waals surface area (Å²) in [6.45, 7) is 2.05. The van der Waals surface area contributed by atoms with E-state index >= 15 is 0 Å². The van der Waals surface area contributed by atoms with Crippen LogP contribution in [0.3, 0.4) is 0 Å². The number of carbonyl (C=O) groups excluding carboxylic acids is 1. The molecule has 0 aliphatic carbocycles. The summed E-state index contributed by atoms with van der Waals surface area (Å²) in [4.78, 5) is 17.5. The first-order chi connectivity index (χ1) is 12.1. The number of rotatable bonds is 5. The largest absolute Gasteiger partial charge is 0.465 e. The van der Waals surface area contributed by atoms with Gasteiger partial charge in [0.25, 0.3) is 5.91 Å². The van der Waals surface area contributed by atoms with Gasteiger partial charge in [-0.15, -0.1) is 11.3 Å². The molecular weight excluding hydrogens is 334 g/mol. The molecule has 3 rings (SSSR count). The van der Waals surface area contributed by atoms with Crippen LogP contribution in [0.2, 0.25) is 0 Å². The molecule has 2 heterocycles. The summed E-state index contributed by atoms with van der Waals surface area (Å²) >= 11 is 1.39. The molecule has 6 heteroatoms. The molecule has 0 aliphatic rings. The van der Waals surface area contributed by atoms with E-state index in [0.717, 1.165) is 11.3 Å². The summed E-state index contributed by atoms with van der Waals surface area (Å²) in [5.74, 6) is -0.0543. The Balaban J connectivity index is 1.68. The summed E-state index contributed by atoms with van der Waals surface area (Å²) in [6.07, 6.45) is 5.38. The Labute approximate surface area is 149 Å². The molecule has 1 amide bonds. The number of amides is 1. The molecule has 0 unspecified atom stereocenters. The molecule has 3 aromatic rings. The highest BCUT2D eigenvalue weighted by atomic mass is 32.1. The Morgan fingerprint density at radius 3 is 3.00 bits per heavy atom. The van der Waals surface area contributed by atoms with E-state index in [1.807, 2.05) is 12.1 Å². The second-order valence-electron chi connectivity index (χ2n) is 5.44. The molecule has 0 atom stereocenters. The summed E-state index contributed by atoms with van der Waals surface area (Å²) in [7, 11) is 0. The van der Waals surface area contributed by atoms with E-state index in [9.17, 15) is 4.79 Å². The van der Waals surface area contributed by atoms with Crippen LogP contribution >= 0.6 is 11.3 Å². The lowest BCUT2D eigenvalue weighted by atomic mass is 10.1. The fourth-order valence-corrected chi connectivity index (χ4v) is 3.14. The second kappa shape index (κ2) is 7.60. The summed E-state index contributed by atoms with van der Waals surface area (Å²) < 4.78 is 5.13. The number of anilines is 1. The van der Waals surface area contributed by atoms with Crippen molar-refractivity contribution in [1.82, 2.24) is 4.98 Å². The van der Waals surface area contributed by atoms with Gasteiger partial charge in [-0.3, -0.25) is 10.1 Å². The predicted octanol–water partition coefficient (Wildman–Crippen LogP) is 4.18. The van der Waals surface area contributed by atoms with Crippen LogP contribution in [0.1, 0.15) is 21.8 Å². The van der Waals surface area contributed by atoms with Crippen molar-refractivity contribution < 1.29 is 9.21 Å². The van der Waals surface area contributed by atoms with E-state index in [1.165, 1.54) is 34.8 Å². The van der Waals surface area contributed by atoms with Crippen molar-refractivity contribution in [2.24, 2.45) is 0 Å². The molecule has 1 aromatic carbocycles. The van der Waals surface area contributed by atoms with Crippen LogP contribution in [0.15, 0.2) is 58.8 Å². The first kappa shape index (κ1) is 16.7. The lowest BCUT2D eigenvalue weighted by molar-refractivity contribution is -0.112. The van der Waals surface area contributed by atoms with Crippen LogP contribution < -0.4 is 5.32 Å². The predicted molar refractivity (Wildman–Crippen MR) is 97.0 cm³/mol. The van der Waals surface area contributed by atoms with Crippen molar-refractivity contribution in [3.63, 3.8) is 0 Å². The first-order valence-corrected chi connectivity index (χ1v) is 8.42. The van der Waals surface area contributed by atoms with Crippen molar-refractivity contribution in [3.8, 4) is 6.07 Å². The Bertz CT molecular complexity index is 949. The quantitative estimate of drug-likeness (QED) is 0.553.